The van der Waals surface area contributed by atoms with Crippen LogP contribution in [0.15, 0.2) is 0 Å². The highest BCUT2D eigenvalue weighted by Gasteiger charge is 2.03. The van der Waals surface area contributed by atoms with E-state index in [1.54, 1.807) is 0 Å². The maximum atomic E-state index is 8.39. The molecule has 0 aromatic rings. The number of nitrogens with zero attached hydrogens (tertiary/aromatic N) is 1. The largest absolute Gasteiger partial charge is 0.487 e. The molecule has 0 aromatic carbocycles. The smallest absolute Gasteiger partial charge is 0.160 e. The van der Waals surface area contributed by atoms with E-state index in [9.17, 15) is 0 Å². The Kier molecular flexibility index (Phi) is 4.87. The second-order valence-electron chi connectivity index (χ2n) is 2.04. The van der Waals surface area contributed by atoms with Crippen molar-refractivity contribution >= 4 is 17.3 Å². The normalized spacial score (nSPS) is 11.7. The number of rotatable bonds is 3. The van der Waals surface area contributed by atoms with Crippen LogP contribution in [0.4, 0.5) is 0 Å². The van der Waals surface area contributed by atoms with Crippen molar-refractivity contribution < 1.29 is 4.74 Å². The number of nitriles is 1. The molecule has 0 saturated heterocycles. The Hall–Kier alpha value is -0.620. The maximum absolute atomic E-state index is 8.39. The highest BCUT2D eigenvalue weighted by Crippen LogP contribution is 2.02. The average Bonchev–Trinajstić information content (AvgIpc) is 1.88. The van der Waals surface area contributed by atoms with Crippen LogP contribution in [-0.2, 0) is 4.74 Å². The van der Waals surface area contributed by atoms with Crippen molar-refractivity contribution in [2.75, 3.05) is 6.61 Å². The van der Waals surface area contributed by atoms with Crippen LogP contribution in [-0.4, -0.2) is 11.7 Å². The minimum atomic E-state index is -0.0287. The van der Waals surface area contributed by atoms with E-state index in [2.05, 4.69) is 6.07 Å². The van der Waals surface area contributed by atoms with Gasteiger partial charge in [-0.05, 0) is 26.1 Å². The van der Waals surface area contributed by atoms with E-state index in [0.29, 0.717) is 18.1 Å². The molecular weight excluding hydrogens is 146 g/mol. The molecule has 56 valence electrons. The van der Waals surface area contributed by atoms with Crippen molar-refractivity contribution in [2.24, 2.45) is 5.92 Å². The molecule has 0 bridgehead atoms. The summed E-state index contributed by atoms with van der Waals surface area (Å²) in [7, 11) is 0. The van der Waals surface area contributed by atoms with Gasteiger partial charge in [0.25, 0.3) is 0 Å². The Balaban J connectivity index is 3.49. The molecule has 3 heteroatoms. The number of thiocarbonyl (C=S) groups is 1. The zero-order chi connectivity index (χ0) is 7.98. The third-order valence-electron chi connectivity index (χ3n) is 0.999. The van der Waals surface area contributed by atoms with E-state index in [1.165, 1.54) is 0 Å². The lowest BCUT2D eigenvalue weighted by Gasteiger charge is -2.04. The third kappa shape index (κ3) is 4.28. The van der Waals surface area contributed by atoms with E-state index in [4.69, 9.17) is 22.2 Å². The Bertz CT molecular complexity index is 150. The van der Waals surface area contributed by atoms with Crippen molar-refractivity contribution in [1.82, 2.24) is 0 Å². The summed E-state index contributed by atoms with van der Waals surface area (Å²) >= 11 is 4.82. The van der Waals surface area contributed by atoms with Gasteiger partial charge in [-0.3, -0.25) is 0 Å². The van der Waals surface area contributed by atoms with Crippen molar-refractivity contribution in [1.29, 1.82) is 5.26 Å². The van der Waals surface area contributed by atoms with Crippen molar-refractivity contribution in [3.05, 3.63) is 0 Å². The van der Waals surface area contributed by atoms with Gasteiger partial charge in [-0.1, -0.05) is 0 Å². The van der Waals surface area contributed by atoms with E-state index < -0.39 is 0 Å². The fourth-order valence-corrected chi connectivity index (χ4v) is 0.883. The molecule has 10 heavy (non-hydrogen) atoms. The first kappa shape index (κ1) is 9.38. The lowest BCUT2D eigenvalue weighted by Crippen LogP contribution is -2.05. The minimum absolute atomic E-state index is 0.0287. The molecule has 0 saturated carbocycles. The molecular formula is C7H11NOS. The summed E-state index contributed by atoms with van der Waals surface area (Å²) in [4.78, 5) is 0. The van der Waals surface area contributed by atoms with E-state index in [1.807, 2.05) is 13.8 Å². The van der Waals surface area contributed by atoms with Gasteiger partial charge < -0.3 is 4.74 Å². The van der Waals surface area contributed by atoms with Gasteiger partial charge in [0.05, 0.1) is 18.6 Å². The molecule has 0 heterocycles. The minimum Gasteiger partial charge on any atom is -0.487 e. The van der Waals surface area contributed by atoms with Gasteiger partial charge in [-0.15, -0.1) is 0 Å². The Labute approximate surface area is 66.8 Å². The van der Waals surface area contributed by atoms with Crippen molar-refractivity contribution in [3.63, 3.8) is 0 Å². The van der Waals surface area contributed by atoms with E-state index in [-0.39, 0.29) is 5.92 Å². The quantitative estimate of drug-likeness (QED) is 0.586. The van der Waals surface area contributed by atoms with Gasteiger partial charge >= 0.3 is 0 Å². The van der Waals surface area contributed by atoms with Crippen LogP contribution in [0.2, 0.25) is 0 Å². The van der Waals surface area contributed by atoms with Gasteiger partial charge in [-0.25, -0.2) is 0 Å². The summed E-state index contributed by atoms with van der Waals surface area (Å²) < 4.78 is 4.99. The molecule has 0 fully saturated rings. The van der Waals surface area contributed by atoms with Gasteiger partial charge in [0.2, 0.25) is 0 Å². The number of hydrogen-bond acceptors (Lipinski definition) is 3. The molecule has 1 unspecified atom stereocenters. The lowest BCUT2D eigenvalue weighted by molar-refractivity contribution is 0.323. The first-order valence-corrected chi connectivity index (χ1v) is 3.66. The van der Waals surface area contributed by atoms with Crippen LogP contribution in [0.5, 0.6) is 0 Å². The fraction of sp³-hybridized carbons (Fsp3) is 0.714. The monoisotopic (exact) mass is 157 g/mol. The average molecular weight is 157 g/mol. The highest BCUT2D eigenvalue weighted by molar-refractivity contribution is 7.80. The molecule has 0 aliphatic carbocycles. The standard InChI is InChI=1S/C7H11NOS/c1-3-9-7(10)4-6(2)5-8/h6H,3-4H2,1-2H3. The Morgan fingerprint density at radius 3 is 2.80 bits per heavy atom. The van der Waals surface area contributed by atoms with E-state index in [0.717, 1.165) is 0 Å². The third-order valence-corrected chi connectivity index (χ3v) is 1.28. The highest BCUT2D eigenvalue weighted by atomic mass is 32.1. The molecule has 0 rings (SSSR count). The Morgan fingerprint density at radius 1 is 1.80 bits per heavy atom. The molecule has 0 N–H and O–H groups in total. The maximum Gasteiger partial charge on any atom is 0.160 e. The summed E-state index contributed by atoms with van der Waals surface area (Å²) in [5.41, 5.74) is 0. The van der Waals surface area contributed by atoms with E-state index >= 15 is 0 Å². The van der Waals surface area contributed by atoms with Gasteiger partial charge in [-0.2, -0.15) is 5.26 Å². The number of hydrogen-bond donors (Lipinski definition) is 0. The first-order chi connectivity index (χ1) is 4.70. The molecule has 0 amide bonds. The molecule has 0 spiro atoms. The lowest BCUT2D eigenvalue weighted by atomic mass is 10.1. The predicted octanol–water partition coefficient (Wildman–Crippen LogP) is 1.90. The molecule has 0 aromatic heterocycles. The zero-order valence-corrected chi connectivity index (χ0v) is 7.07. The van der Waals surface area contributed by atoms with Gasteiger partial charge in [0, 0.05) is 6.42 Å². The summed E-state index contributed by atoms with van der Waals surface area (Å²) in [6.45, 7) is 4.30. The molecule has 2 nitrogen and oxygen atoms in total. The summed E-state index contributed by atoms with van der Waals surface area (Å²) in [5, 5.41) is 8.93. The molecule has 0 aliphatic rings. The van der Waals surface area contributed by atoms with Crippen molar-refractivity contribution in [3.8, 4) is 6.07 Å². The first-order valence-electron chi connectivity index (χ1n) is 3.26. The zero-order valence-electron chi connectivity index (χ0n) is 6.26. The summed E-state index contributed by atoms with van der Waals surface area (Å²) in [5.74, 6) is -0.0287. The van der Waals surface area contributed by atoms with Crippen LogP contribution in [0.3, 0.4) is 0 Å². The van der Waals surface area contributed by atoms with Gasteiger partial charge in [0.1, 0.15) is 0 Å². The van der Waals surface area contributed by atoms with Crippen LogP contribution in [0.25, 0.3) is 0 Å². The van der Waals surface area contributed by atoms with Crippen molar-refractivity contribution in [2.45, 2.75) is 20.3 Å². The second kappa shape index (κ2) is 5.19. The van der Waals surface area contributed by atoms with Gasteiger partial charge in [0.15, 0.2) is 5.05 Å². The SMILES string of the molecule is CCOC(=S)CC(C)C#N. The molecule has 0 radical (unpaired) electrons. The topological polar surface area (TPSA) is 33.0 Å². The fourth-order valence-electron chi connectivity index (χ4n) is 0.516. The predicted molar refractivity (Wildman–Crippen MR) is 43.6 cm³/mol. The molecule has 1 atom stereocenters. The van der Waals surface area contributed by atoms with Crippen LogP contribution >= 0.6 is 12.2 Å². The summed E-state index contributed by atoms with van der Waals surface area (Å²) in [6, 6.07) is 2.09. The number of ether oxygens (including phenoxy) is 1. The van der Waals surface area contributed by atoms with Crippen LogP contribution in [0.1, 0.15) is 20.3 Å². The van der Waals surface area contributed by atoms with Crippen LogP contribution in [0, 0.1) is 17.2 Å². The van der Waals surface area contributed by atoms with Crippen LogP contribution < -0.4 is 0 Å². The summed E-state index contributed by atoms with van der Waals surface area (Å²) in [6.07, 6.45) is 0.569. The second-order valence-corrected chi connectivity index (χ2v) is 2.49. The Morgan fingerprint density at radius 2 is 2.40 bits per heavy atom. The molecule has 0 aliphatic heterocycles.